The minimum Gasteiger partial charge on any atom is -0.337 e. The van der Waals surface area contributed by atoms with Gasteiger partial charge in [0, 0.05) is 13.1 Å². The SMILES string of the molecule is CCc1ccc(CN2CCC(NC)C2=O)cc1. The van der Waals surface area contributed by atoms with E-state index in [1.807, 2.05) is 11.9 Å². The molecule has 1 fully saturated rings. The first kappa shape index (κ1) is 12.1. The van der Waals surface area contributed by atoms with E-state index < -0.39 is 0 Å². The monoisotopic (exact) mass is 232 g/mol. The van der Waals surface area contributed by atoms with Gasteiger partial charge >= 0.3 is 0 Å². The van der Waals surface area contributed by atoms with E-state index in [-0.39, 0.29) is 11.9 Å². The maximum Gasteiger partial charge on any atom is 0.240 e. The number of hydrogen-bond donors (Lipinski definition) is 1. The van der Waals surface area contributed by atoms with Crippen LogP contribution in [0.2, 0.25) is 0 Å². The normalized spacial score (nSPS) is 20.0. The number of hydrogen-bond acceptors (Lipinski definition) is 2. The predicted molar refractivity (Wildman–Crippen MR) is 68.7 cm³/mol. The zero-order valence-corrected chi connectivity index (χ0v) is 10.6. The summed E-state index contributed by atoms with van der Waals surface area (Å²) < 4.78 is 0. The van der Waals surface area contributed by atoms with Crippen molar-refractivity contribution in [3.63, 3.8) is 0 Å². The van der Waals surface area contributed by atoms with E-state index in [1.165, 1.54) is 11.1 Å². The van der Waals surface area contributed by atoms with E-state index in [4.69, 9.17) is 0 Å². The van der Waals surface area contributed by atoms with E-state index >= 15 is 0 Å². The third kappa shape index (κ3) is 2.67. The van der Waals surface area contributed by atoms with Gasteiger partial charge in [0.05, 0.1) is 6.04 Å². The summed E-state index contributed by atoms with van der Waals surface area (Å²) in [6.45, 7) is 3.75. The van der Waals surface area contributed by atoms with Gasteiger partial charge in [0.15, 0.2) is 0 Å². The van der Waals surface area contributed by atoms with Crippen LogP contribution >= 0.6 is 0 Å². The molecule has 3 heteroatoms. The van der Waals surface area contributed by atoms with Crippen LogP contribution in [0.3, 0.4) is 0 Å². The number of rotatable bonds is 4. The number of benzene rings is 1. The van der Waals surface area contributed by atoms with E-state index in [1.54, 1.807) is 0 Å². The molecule has 1 amide bonds. The third-order valence-electron chi connectivity index (χ3n) is 3.45. The van der Waals surface area contributed by atoms with Gasteiger partial charge in [0.25, 0.3) is 0 Å². The molecule has 0 aliphatic carbocycles. The van der Waals surface area contributed by atoms with Crippen molar-refractivity contribution >= 4 is 5.91 Å². The van der Waals surface area contributed by atoms with Gasteiger partial charge in [-0.2, -0.15) is 0 Å². The molecule has 0 aromatic heterocycles. The Labute approximate surface area is 103 Å². The Hall–Kier alpha value is -1.35. The zero-order chi connectivity index (χ0) is 12.3. The summed E-state index contributed by atoms with van der Waals surface area (Å²) in [4.78, 5) is 13.9. The number of carbonyl (C=O) groups excluding carboxylic acids is 1. The molecule has 0 bridgehead atoms. The summed E-state index contributed by atoms with van der Waals surface area (Å²) in [5, 5.41) is 3.06. The molecule has 1 aliphatic heterocycles. The quantitative estimate of drug-likeness (QED) is 0.854. The summed E-state index contributed by atoms with van der Waals surface area (Å²) in [5.74, 6) is 0.229. The maximum absolute atomic E-state index is 11.9. The van der Waals surface area contributed by atoms with Crippen LogP contribution in [0.4, 0.5) is 0 Å². The molecule has 1 atom stereocenters. The smallest absolute Gasteiger partial charge is 0.240 e. The molecule has 1 heterocycles. The summed E-state index contributed by atoms with van der Waals surface area (Å²) in [7, 11) is 1.85. The molecule has 3 nitrogen and oxygen atoms in total. The number of nitrogens with zero attached hydrogens (tertiary/aromatic N) is 1. The number of aryl methyl sites for hydroxylation is 1. The second kappa shape index (κ2) is 5.32. The van der Waals surface area contributed by atoms with E-state index in [2.05, 4.69) is 36.5 Å². The molecule has 1 unspecified atom stereocenters. The van der Waals surface area contributed by atoms with Gasteiger partial charge in [0.2, 0.25) is 5.91 Å². The van der Waals surface area contributed by atoms with Crippen molar-refractivity contribution < 1.29 is 4.79 Å². The molecule has 1 aromatic carbocycles. The van der Waals surface area contributed by atoms with Crippen molar-refractivity contribution in [2.45, 2.75) is 32.4 Å². The Kier molecular flexibility index (Phi) is 3.79. The molecule has 0 saturated carbocycles. The lowest BCUT2D eigenvalue weighted by molar-refractivity contribution is -0.129. The standard InChI is InChI=1S/C14H20N2O/c1-3-11-4-6-12(7-5-11)10-16-9-8-13(15-2)14(16)17/h4-7,13,15H,3,8-10H2,1-2H3. The van der Waals surface area contributed by atoms with Crippen molar-refractivity contribution in [3.05, 3.63) is 35.4 Å². The summed E-state index contributed by atoms with van der Waals surface area (Å²) >= 11 is 0. The first-order chi connectivity index (χ1) is 8.24. The Bertz CT molecular complexity index is 386. The van der Waals surface area contributed by atoms with Gasteiger partial charge in [0.1, 0.15) is 0 Å². The summed E-state index contributed by atoms with van der Waals surface area (Å²) in [5.41, 5.74) is 2.56. The summed E-state index contributed by atoms with van der Waals surface area (Å²) in [6.07, 6.45) is 1.98. The van der Waals surface area contributed by atoms with Crippen molar-refractivity contribution in [3.8, 4) is 0 Å². The van der Waals surface area contributed by atoms with Gasteiger partial charge in [-0.25, -0.2) is 0 Å². The van der Waals surface area contributed by atoms with Gasteiger partial charge < -0.3 is 10.2 Å². The minimum atomic E-state index is 0.0184. The number of amides is 1. The molecule has 1 saturated heterocycles. The first-order valence-electron chi connectivity index (χ1n) is 6.28. The highest BCUT2D eigenvalue weighted by atomic mass is 16.2. The van der Waals surface area contributed by atoms with Crippen LogP contribution in [0.1, 0.15) is 24.5 Å². The molecule has 0 radical (unpaired) electrons. The van der Waals surface area contributed by atoms with Gasteiger partial charge in [-0.05, 0) is 31.0 Å². The largest absolute Gasteiger partial charge is 0.337 e. The van der Waals surface area contributed by atoms with Crippen molar-refractivity contribution in [1.29, 1.82) is 0 Å². The second-order valence-corrected chi connectivity index (χ2v) is 4.56. The Morgan fingerprint density at radius 2 is 1.94 bits per heavy atom. The number of likely N-dealkylation sites (N-methyl/N-ethyl adjacent to an activating group) is 1. The molecule has 2 rings (SSSR count). The average molecular weight is 232 g/mol. The number of likely N-dealkylation sites (tertiary alicyclic amines) is 1. The Morgan fingerprint density at radius 1 is 1.29 bits per heavy atom. The molecule has 1 aromatic rings. The fraction of sp³-hybridized carbons (Fsp3) is 0.500. The van der Waals surface area contributed by atoms with Gasteiger partial charge in [-0.3, -0.25) is 4.79 Å². The highest BCUT2D eigenvalue weighted by molar-refractivity contribution is 5.83. The van der Waals surface area contributed by atoms with Crippen molar-refractivity contribution in [2.24, 2.45) is 0 Å². The van der Waals surface area contributed by atoms with Gasteiger partial charge in [-0.1, -0.05) is 31.2 Å². The van der Waals surface area contributed by atoms with E-state index in [9.17, 15) is 4.79 Å². The van der Waals surface area contributed by atoms with Crippen LogP contribution in [0, 0.1) is 0 Å². The lowest BCUT2D eigenvalue weighted by Crippen LogP contribution is -2.35. The van der Waals surface area contributed by atoms with Crippen LogP contribution in [0.25, 0.3) is 0 Å². The topological polar surface area (TPSA) is 32.3 Å². The number of nitrogens with one attached hydrogen (secondary N) is 1. The van der Waals surface area contributed by atoms with Crippen LogP contribution < -0.4 is 5.32 Å². The van der Waals surface area contributed by atoms with Crippen LogP contribution in [-0.4, -0.2) is 30.4 Å². The number of carbonyl (C=O) groups is 1. The molecular formula is C14H20N2O. The molecule has 0 spiro atoms. The summed E-state index contributed by atoms with van der Waals surface area (Å²) in [6, 6.07) is 8.55. The molecule has 17 heavy (non-hydrogen) atoms. The van der Waals surface area contributed by atoms with E-state index in [0.29, 0.717) is 0 Å². The fourth-order valence-electron chi connectivity index (χ4n) is 2.26. The molecule has 1 N–H and O–H groups in total. The molecular weight excluding hydrogens is 212 g/mol. The Morgan fingerprint density at radius 3 is 2.47 bits per heavy atom. The van der Waals surface area contributed by atoms with Crippen molar-refractivity contribution in [1.82, 2.24) is 10.2 Å². The predicted octanol–water partition coefficient (Wildman–Crippen LogP) is 1.57. The highest BCUT2D eigenvalue weighted by Crippen LogP contribution is 2.15. The minimum absolute atomic E-state index is 0.0184. The van der Waals surface area contributed by atoms with Gasteiger partial charge in [-0.15, -0.1) is 0 Å². The fourth-order valence-corrected chi connectivity index (χ4v) is 2.26. The second-order valence-electron chi connectivity index (χ2n) is 4.56. The third-order valence-corrected chi connectivity index (χ3v) is 3.45. The molecule has 92 valence electrons. The van der Waals surface area contributed by atoms with E-state index in [0.717, 1.165) is 25.9 Å². The first-order valence-corrected chi connectivity index (χ1v) is 6.28. The lowest BCUT2D eigenvalue weighted by atomic mass is 10.1. The highest BCUT2D eigenvalue weighted by Gasteiger charge is 2.29. The maximum atomic E-state index is 11.9. The zero-order valence-electron chi connectivity index (χ0n) is 10.6. The molecule has 1 aliphatic rings. The van der Waals surface area contributed by atoms with Crippen molar-refractivity contribution in [2.75, 3.05) is 13.6 Å². The Balaban J connectivity index is 1.99. The van der Waals surface area contributed by atoms with Crippen LogP contribution in [-0.2, 0) is 17.8 Å². The van der Waals surface area contributed by atoms with Crippen LogP contribution in [0.5, 0.6) is 0 Å². The average Bonchev–Trinajstić information content (AvgIpc) is 2.71. The lowest BCUT2D eigenvalue weighted by Gasteiger charge is -2.16. The van der Waals surface area contributed by atoms with Crippen LogP contribution in [0.15, 0.2) is 24.3 Å².